The van der Waals surface area contributed by atoms with Crippen LogP contribution in [0.15, 0.2) is 81.0 Å². The SMILES string of the molecule is O=c1[nH]c(CSCc2nc3scc(-c4ccccc4)c3c(=O)[nH]2)nc2scc(-c3ccccc3)c12. The van der Waals surface area contributed by atoms with E-state index in [-0.39, 0.29) is 11.1 Å². The molecule has 172 valence electrons. The Bertz CT molecular complexity index is 1640. The Hall–Kier alpha value is -3.53. The normalized spacial score (nSPS) is 11.4. The van der Waals surface area contributed by atoms with Gasteiger partial charge in [-0.05, 0) is 11.1 Å². The minimum absolute atomic E-state index is 0.134. The van der Waals surface area contributed by atoms with Crippen LogP contribution < -0.4 is 11.1 Å². The number of fused-ring (bicyclic) bond motifs is 2. The van der Waals surface area contributed by atoms with Gasteiger partial charge >= 0.3 is 0 Å². The third-order valence-corrected chi connectivity index (χ3v) is 8.33. The van der Waals surface area contributed by atoms with Crippen LogP contribution in [0.1, 0.15) is 11.6 Å². The molecular weight excluding hydrogens is 497 g/mol. The molecule has 6 rings (SSSR count). The Morgan fingerprint density at radius 3 is 1.51 bits per heavy atom. The molecule has 4 heterocycles. The monoisotopic (exact) mass is 514 g/mol. The summed E-state index contributed by atoms with van der Waals surface area (Å²) in [5, 5.41) is 5.21. The molecule has 0 fully saturated rings. The molecule has 0 saturated heterocycles. The lowest BCUT2D eigenvalue weighted by Gasteiger charge is -2.04. The minimum atomic E-state index is -0.134. The maximum Gasteiger partial charge on any atom is 0.260 e. The Kier molecular flexibility index (Phi) is 5.81. The molecule has 6 aromatic rings. The molecule has 0 aliphatic rings. The predicted molar refractivity (Wildman–Crippen MR) is 146 cm³/mol. The second-order valence-electron chi connectivity index (χ2n) is 7.91. The lowest BCUT2D eigenvalue weighted by atomic mass is 10.1. The predicted octanol–water partition coefficient (Wildman–Crippen LogP) is 6.05. The molecule has 0 aliphatic heterocycles. The molecular formula is C26H18N4O2S3. The molecule has 0 unspecified atom stereocenters. The van der Waals surface area contributed by atoms with Crippen molar-refractivity contribution in [1.82, 2.24) is 19.9 Å². The highest BCUT2D eigenvalue weighted by Gasteiger charge is 2.15. The first kappa shape index (κ1) is 22.0. The van der Waals surface area contributed by atoms with E-state index in [2.05, 4.69) is 19.9 Å². The Balaban J connectivity index is 1.21. The van der Waals surface area contributed by atoms with Gasteiger partial charge in [-0.1, -0.05) is 60.7 Å². The van der Waals surface area contributed by atoms with Crippen LogP contribution in [0.5, 0.6) is 0 Å². The zero-order chi connectivity index (χ0) is 23.8. The van der Waals surface area contributed by atoms with Gasteiger partial charge in [0.15, 0.2) is 0 Å². The van der Waals surface area contributed by atoms with Crippen molar-refractivity contribution in [3.05, 3.63) is 104 Å². The van der Waals surface area contributed by atoms with E-state index in [9.17, 15) is 9.59 Å². The number of hydrogen-bond donors (Lipinski definition) is 2. The smallest absolute Gasteiger partial charge is 0.260 e. The molecule has 9 heteroatoms. The minimum Gasteiger partial charge on any atom is -0.309 e. The van der Waals surface area contributed by atoms with Crippen LogP contribution in [-0.2, 0) is 11.5 Å². The van der Waals surface area contributed by atoms with Crippen molar-refractivity contribution in [2.75, 3.05) is 0 Å². The number of rotatable bonds is 6. The number of benzene rings is 2. The summed E-state index contributed by atoms with van der Waals surface area (Å²) in [6, 6.07) is 19.7. The van der Waals surface area contributed by atoms with Crippen LogP contribution in [0.3, 0.4) is 0 Å². The van der Waals surface area contributed by atoms with Crippen LogP contribution in [0.2, 0.25) is 0 Å². The summed E-state index contributed by atoms with van der Waals surface area (Å²) < 4.78 is 0. The summed E-state index contributed by atoms with van der Waals surface area (Å²) in [6.45, 7) is 0. The van der Waals surface area contributed by atoms with E-state index in [1.807, 2.05) is 71.4 Å². The van der Waals surface area contributed by atoms with Gasteiger partial charge < -0.3 is 9.97 Å². The molecule has 35 heavy (non-hydrogen) atoms. The first-order valence-electron chi connectivity index (χ1n) is 10.9. The van der Waals surface area contributed by atoms with E-state index in [1.165, 1.54) is 22.7 Å². The second-order valence-corrected chi connectivity index (χ2v) is 10.6. The lowest BCUT2D eigenvalue weighted by Crippen LogP contribution is -2.12. The van der Waals surface area contributed by atoms with Gasteiger partial charge in [-0.15, -0.1) is 34.4 Å². The Morgan fingerprint density at radius 1 is 0.657 bits per heavy atom. The molecule has 0 saturated carbocycles. The van der Waals surface area contributed by atoms with Gasteiger partial charge in [0, 0.05) is 21.9 Å². The fourth-order valence-electron chi connectivity index (χ4n) is 4.03. The van der Waals surface area contributed by atoms with Crippen molar-refractivity contribution < 1.29 is 0 Å². The van der Waals surface area contributed by atoms with Crippen molar-refractivity contribution in [2.45, 2.75) is 11.5 Å². The molecule has 0 bridgehead atoms. The summed E-state index contributed by atoms with van der Waals surface area (Å²) >= 11 is 4.49. The van der Waals surface area contributed by atoms with E-state index >= 15 is 0 Å². The maximum absolute atomic E-state index is 12.8. The number of H-pyrrole nitrogens is 2. The third kappa shape index (κ3) is 4.22. The van der Waals surface area contributed by atoms with Crippen LogP contribution >= 0.6 is 34.4 Å². The number of hydrogen-bond acceptors (Lipinski definition) is 7. The maximum atomic E-state index is 12.8. The number of nitrogens with zero attached hydrogens (tertiary/aromatic N) is 2. The highest BCUT2D eigenvalue weighted by atomic mass is 32.2. The highest BCUT2D eigenvalue weighted by molar-refractivity contribution is 7.97. The van der Waals surface area contributed by atoms with Gasteiger partial charge in [-0.3, -0.25) is 9.59 Å². The fraction of sp³-hybridized carbons (Fsp3) is 0.0769. The quantitative estimate of drug-likeness (QED) is 0.282. The van der Waals surface area contributed by atoms with Crippen LogP contribution in [0.25, 0.3) is 42.7 Å². The first-order chi connectivity index (χ1) is 17.2. The Labute approximate surface area is 211 Å². The third-order valence-electron chi connectivity index (χ3n) is 5.63. The van der Waals surface area contributed by atoms with Crippen LogP contribution in [0.4, 0.5) is 0 Å². The van der Waals surface area contributed by atoms with Gasteiger partial charge in [0.25, 0.3) is 11.1 Å². The summed E-state index contributed by atoms with van der Waals surface area (Å²) in [5.41, 5.74) is 3.54. The molecule has 0 amide bonds. The average Bonchev–Trinajstić information content (AvgIpc) is 3.50. The second kappa shape index (κ2) is 9.26. The van der Waals surface area contributed by atoms with Gasteiger partial charge in [-0.25, -0.2) is 9.97 Å². The first-order valence-corrected chi connectivity index (χ1v) is 13.8. The summed E-state index contributed by atoms with van der Waals surface area (Å²) in [7, 11) is 0. The molecule has 6 nitrogen and oxygen atoms in total. The van der Waals surface area contributed by atoms with E-state index in [0.717, 1.165) is 31.9 Å². The summed E-state index contributed by atoms with van der Waals surface area (Å²) in [6.07, 6.45) is 0. The summed E-state index contributed by atoms with van der Waals surface area (Å²) in [5.74, 6) is 2.23. The van der Waals surface area contributed by atoms with E-state index < -0.39 is 0 Å². The molecule has 0 aliphatic carbocycles. The highest BCUT2D eigenvalue weighted by Crippen LogP contribution is 2.32. The van der Waals surface area contributed by atoms with Gasteiger partial charge in [0.05, 0.1) is 22.3 Å². The van der Waals surface area contributed by atoms with Crippen molar-refractivity contribution >= 4 is 54.9 Å². The topological polar surface area (TPSA) is 91.5 Å². The van der Waals surface area contributed by atoms with E-state index in [1.54, 1.807) is 11.8 Å². The molecule has 0 spiro atoms. The largest absolute Gasteiger partial charge is 0.309 e. The fourth-order valence-corrected chi connectivity index (χ4v) is 6.72. The average molecular weight is 515 g/mol. The molecule has 0 radical (unpaired) electrons. The molecule has 0 atom stereocenters. The van der Waals surface area contributed by atoms with Gasteiger partial charge in [0.2, 0.25) is 0 Å². The van der Waals surface area contributed by atoms with Crippen LogP contribution in [-0.4, -0.2) is 19.9 Å². The molecule has 4 aromatic heterocycles. The van der Waals surface area contributed by atoms with Crippen molar-refractivity contribution in [3.8, 4) is 22.3 Å². The van der Waals surface area contributed by atoms with Gasteiger partial charge in [-0.2, -0.15) is 0 Å². The number of aromatic amines is 2. The number of aromatic nitrogens is 4. The molecule has 2 aromatic carbocycles. The zero-order valence-electron chi connectivity index (χ0n) is 18.3. The van der Waals surface area contributed by atoms with E-state index in [0.29, 0.717) is 33.9 Å². The zero-order valence-corrected chi connectivity index (χ0v) is 20.7. The van der Waals surface area contributed by atoms with Crippen molar-refractivity contribution in [3.63, 3.8) is 0 Å². The van der Waals surface area contributed by atoms with E-state index in [4.69, 9.17) is 0 Å². The lowest BCUT2D eigenvalue weighted by molar-refractivity contribution is 1.03. The number of nitrogens with one attached hydrogen (secondary N) is 2. The van der Waals surface area contributed by atoms with Crippen LogP contribution in [0, 0.1) is 0 Å². The standard InChI is InChI=1S/C26H18N4O2S3/c31-23-21-17(15-7-3-1-4-8-15)11-34-25(21)29-19(27-23)13-33-14-20-28-24(32)22-18(12-35-26(22)30-20)16-9-5-2-6-10-16/h1-12H,13-14H2,(H,27,29,31)(H,28,30,32). The van der Waals surface area contributed by atoms with Gasteiger partial charge in [0.1, 0.15) is 21.3 Å². The van der Waals surface area contributed by atoms with Crippen molar-refractivity contribution in [2.24, 2.45) is 0 Å². The summed E-state index contributed by atoms with van der Waals surface area (Å²) in [4.78, 5) is 42.3. The number of thioether (sulfide) groups is 1. The van der Waals surface area contributed by atoms with Crippen molar-refractivity contribution in [1.29, 1.82) is 0 Å². The molecule has 2 N–H and O–H groups in total. The Morgan fingerprint density at radius 2 is 1.09 bits per heavy atom. The number of thiophene rings is 2.